The zero-order valence-corrected chi connectivity index (χ0v) is 14.3. The number of halogens is 3. The van der Waals surface area contributed by atoms with Gasteiger partial charge in [0.2, 0.25) is 5.82 Å². The molecule has 1 saturated heterocycles. The highest BCUT2D eigenvalue weighted by atomic mass is 19.4. The van der Waals surface area contributed by atoms with Crippen LogP contribution in [0.1, 0.15) is 5.56 Å². The molecule has 0 aliphatic carbocycles. The summed E-state index contributed by atoms with van der Waals surface area (Å²) >= 11 is 0. The van der Waals surface area contributed by atoms with Gasteiger partial charge in [0.05, 0.1) is 15.4 Å². The zero-order valence-electron chi connectivity index (χ0n) is 14.3. The van der Waals surface area contributed by atoms with E-state index in [2.05, 4.69) is 4.98 Å². The summed E-state index contributed by atoms with van der Waals surface area (Å²) in [5, 5.41) is 22.4. The predicted octanol–water partition coefficient (Wildman–Crippen LogP) is 3.24. The van der Waals surface area contributed by atoms with Crippen LogP contribution in [0, 0.1) is 20.2 Å². The maximum Gasteiger partial charge on any atom is 0.416 e. The van der Waals surface area contributed by atoms with Gasteiger partial charge in [0.15, 0.2) is 0 Å². The SMILES string of the molecule is O=[N+]([O-])c1cc(C(F)(F)F)ccc1N1CCN(c2ncccc2[N+](=O)[O-])CC1. The molecule has 0 amide bonds. The molecule has 1 aromatic heterocycles. The lowest BCUT2D eigenvalue weighted by Crippen LogP contribution is -2.47. The lowest BCUT2D eigenvalue weighted by atomic mass is 10.1. The third-order valence-electron chi connectivity index (χ3n) is 4.38. The van der Waals surface area contributed by atoms with E-state index < -0.39 is 27.3 Å². The van der Waals surface area contributed by atoms with Crippen LogP contribution in [0.15, 0.2) is 36.5 Å². The molecule has 148 valence electrons. The summed E-state index contributed by atoms with van der Waals surface area (Å²) in [7, 11) is 0. The average molecular weight is 397 g/mol. The number of aromatic nitrogens is 1. The first kappa shape index (κ1) is 19.3. The van der Waals surface area contributed by atoms with Gasteiger partial charge in [-0.3, -0.25) is 20.2 Å². The summed E-state index contributed by atoms with van der Waals surface area (Å²) < 4.78 is 38.5. The number of alkyl halides is 3. The van der Waals surface area contributed by atoms with Gasteiger partial charge < -0.3 is 9.80 Å². The van der Waals surface area contributed by atoms with Gasteiger partial charge in [-0.1, -0.05) is 0 Å². The standard InChI is InChI=1S/C16H14F3N5O4/c17-16(18,19)11-3-4-12(14(10-11)24(27)28)21-6-8-22(9-7-21)15-13(23(25)26)2-1-5-20-15/h1-5,10H,6-9H2. The summed E-state index contributed by atoms with van der Waals surface area (Å²) in [6.45, 7) is 1.02. The Hall–Kier alpha value is -3.44. The topological polar surface area (TPSA) is 106 Å². The van der Waals surface area contributed by atoms with Crippen molar-refractivity contribution in [1.29, 1.82) is 0 Å². The molecule has 9 nitrogen and oxygen atoms in total. The number of hydrogen-bond acceptors (Lipinski definition) is 7. The minimum absolute atomic E-state index is 0.0770. The summed E-state index contributed by atoms with van der Waals surface area (Å²) in [6.07, 6.45) is -3.25. The molecule has 0 N–H and O–H groups in total. The molecule has 0 unspecified atom stereocenters. The second-order valence-corrected chi connectivity index (χ2v) is 6.04. The largest absolute Gasteiger partial charge is 0.416 e. The van der Waals surface area contributed by atoms with E-state index in [1.807, 2.05) is 0 Å². The molecule has 2 heterocycles. The van der Waals surface area contributed by atoms with E-state index in [0.29, 0.717) is 6.07 Å². The third-order valence-corrected chi connectivity index (χ3v) is 4.38. The quantitative estimate of drug-likeness (QED) is 0.576. The molecular weight excluding hydrogens is 383 g/mol. The first-order valence-electron chi connectivity index (χ1n) is 8.13. The summed E-state index contributed by atoms with van der Waals surface area (Å²) in [5.74, 6) is 0.189. The third kappa shape index (κ3) is 3.80. The monoisotopic (exact) mass is 397 g/mol. The second-order valence-electron chi connectivity index (χ2n) is 6.04. The van der Waals surface area contributed by atoms with Crippen molar-refractivity contribution in [3.8, 4) is 0 Å². The first-order chi connectivity index (χ1) is 13.2. The lowest BCUT2D eigenvalue weighted by Gasteiger charge is -2.36. The maximum atomic E-state index is 12.8. The number of hydrogen-bond donors (Lipinski definition) is 0. The summed E-state index contributed by atoms with van der Waals surface area (Å²) in [4.78, 5) is 28.3. The molecule has 0 atom stereocenters. The van der Waals surface area contributed by atoms with E-state index in [0.717, 1.165) is 12.1 Å². The fraction of sp³-hybridized carbons (Fsp3) is 0.312. The van der Waals surface area contributed by atoms with Crippen molar-refractivity contribution in [3.63, 3.8) is 0 Å². The van der Waals surface area contributed by atoms with Crippen molar-refractivity contribution in [2.24, 2.45) is 0 Å². The van der Waals surface area contributed by atoms with Crippen molar-refractivity contribution < 1.29 is 23.0 Å². The smallest absolute Gasteiger partial charge is 0.362 e. The molecule has 0 radical (unpaired) electrons. The van der Waals surface area contributed by atoms with E-state index in [-0.39, 0.29) is 43.4 Å². The molecule has 0 spiro atoms. The van der Waals surface area contributed by atoms with Crippen LogP contribution in [0.25, 0.3) is 0 Å². The Bertz CT molecular complexity index is 913. The first-order valence-corrected chi connectivity index (χ1v) is 8.13. The Morgan fingerprint density at radius 1 is 0.929 bits per heavy atom. The van der Waals surface area contributed by atoms with Gasteiger partial charge in [-0.15, -0.1) is 0 Å². The summed E-state index contributed by atoms with van der Waals surface area (Å²) in [6, 6.07) is 5.18. The fourth-order valence-electron chi connectivity index (χ4n) is 3.05. The highest BCUT2D eigenvalue weighted by Gasteiger charge is 2.34. The van der Waals surface area contributed by atoms with Crippen molar-refractivity contribution in [2.75, 3.05) is 36.0 Å². The Balaban J connectivity index is 1.82. The number of nitrogens with zero attached hydrogens (tertiary/aromatic N) is 5. The van der Waals surface area contributed by atoms with E-state index in [1.165, 1.54) is 18.3 Å². The Morgan fingerprint density at radius 3 is 2.11 bits per heavy atom. The van der Waals surface area contributed by atoms with Gasteiger partial charge in [-0.25, -0.2) is 4.98 Å². The molecule has 1 fully saturated rings. The molecule has 1 aliphatic rings. The van der Waals surface area contributed by atoms with Crippen molar-refractivity contribution in [1.82, 2.24) is 4.98 Å². The van der Waals surface area contributed by atoms with Crippen LogP contribution >= 0.6 is 0 Å². The Morgan fingerprint density at radius 2 is 1.54 bits per heavy atom. The second kappa shape index (κ2) is 7.29. The molecule has 28 heavy (non-hydrogen) atoms. The number of benzene rings is 1. The van der Waals surface area contributed by atoms with Crippen LogP contribution in [0.5, 0.6) is 0 Å². The molecular formula is C16H14F3N5O4. The van der Waals surface area contributed by atoms with Crippen molar-refractivity contribution >= 4 is 22.9 Å². The van der Waals surface area contributed by atoms with Gasteiger partial charge in [0.25, 0.3) is 5.69 Å². The minimum atomic E-state index is -4.68. The molecule has 1 aliphatic heterocycles. The van der Waals surface area contributed by atoms with E-state index in [1.54, 1.807) is 9.80 Å². The molecule has 1 aromatic carbocycles. The van der Waals surface area contributed by atoms with Crippen LogP contribution in [0.3, 0.4) is 0 Å². The number of anilines is 2. The zero-order chi connectivity index (χ0) is 20.5. The van der Waals surface area contributed by atoms with Crippen LogP contribution in [-0.4, -0.2) is 41.0 Å². The van der Waals surface area contributed by atoms with E-state index >= 15 is 0 Å². The van der Waals surface area contributed by atoms with Gasteiger partial charge in [-0.2, -0.15) is 13.2 Å². The van der Waals surface area contributed by atoms with Gasteiger partial charge in [-0.05, 0) is 18.2 Å². The predicted molar refractivity (Wildman–Crippen MR) is 93.4 cm³/mol. The summed E-state index contributed by atoms with van der Waals surface area (Å²) in [5.41, 5.74) is -1.80. The fourth-order valence-corrected chi connectivity index (χ4v) is 3.05. The minimum Gasteiger partial charge on any atom is -0.362 e. The van der Waals surface area contributed by atoms with Crippen molar-refractivity contribution in [3.05, 3.63) is 62.3 Å². The number of rotatable bonds is 4. The highest BCUT2D eigenvalue weighted by Crippen LogP contribution is 2.37. The number of pyridine rings is 1. The molecule has 3 rings (SSSR count). The molecule has 0 bridgehead atoms. The van der Waals surface area contributed by atoms with Gasteiger partial charge in [0, 0.05) is 44.5 Å². The van der Waals surface area contributed by atoms with Crippen LogP contribution in [0.4, 0.5) is 36.1 Å². The van der Waals surface area contributed by atoms with Crippen LogP contribution in [0.2, 0.25) is 0 Å². The van der Waals surface area contributed by atoms with Gasteiger partial charge in [0.1, 0.15) is 5.69 Å². The Kier molecular flexibility index (Phi) is 5.03. The highest BCUT2D eigenvalue weighted by molar-refractivity contribution is 5.66. The van der Waals surface area contributed by atoms with Crippen LogP contribution in [-0.2, 0) is 6.18 Å². The van der Waals surface area contributed by atoms with E-state index in [4.69, 9.17) is 0 Å². The molecule has 2 aromatic rings. The molecule has 12 heteroatoms. The number of piperazine rings is 1. The average Bonchev–Trinajstić information content (AvgIpc) is 2.67. The number of nitro benzene ring substituents is 1. The maximum absolute atomic E-state index is 12.8. The Labute approximate surface area is 156 Å². The molecule has 0 saturated carbocycles. The normalized spacial score (nSPS) is 14.8. The number of nitro groups is 2. The van der Waals surface area contributed by atoms with E-state index in [9.17, 15) is 33.4 Å². The van der Waals surface area contributed by atoms with Gasteiger partial charge >= 0.3 is 11.9 Å². The van der Waals surface area contributed by atoms with Crippen molar-refractivity contribution in [2.45, 2.75) is 6.18 Å². The lowest BCUT2D eigenvalue weighted by molar-refractivity contribution is -0.384. The van der Waals surface area contributed by atoms with Crippen LogP contribution < -0.4 is 9.80 Å².